The molecule has 7 heteroatoms. The van der Waals surface area contributed by atoms with E-state index in [1.54, 1.807) is 6.20 Å². The van der Waals surface area contributed by atoms with Crippen LogP contribution in [0, 0.1) is 12.7 Å². The number of hydrogen-bond acceptors (Lipinski definition) is 4. The molecule has 0 aliphatic carbocycles. The van der Waals surface area contributed by atoms with E-state index in [-0.39, 0.29) is 17.5 Å². The molecule has 3 rings (SSSR count). The number of H-pyrrole nitrogens is 1. The van der Waals surface area contributed by atoms with Gasteiger partial charge in [0.15, 0.2) is 5.65 Å². The fourth-order valence-electron chi connectivity index (χ4n) is 1.80. The van der Waals surface area contributed by atoms with Crippen molar-refractivity contribution in [2.75, 3.05) is 0 Å². The molecule has 0 spiro atoms. The minimum Gasteiger partial charge on any atom is -0.471 e. The van der Waals surface area contributed by atoms with Crippen LogP contribution in [-0.4, -0.2) is 20.2 Å². The second-order valence-corrected chi connectivity index (χ2v) is 4.67. The Morgan fingerprint density at radius 2 is 2.25 bits per heavy atom. The summed E-state index contributed by atoms with van der Waals surface area (Å²) >= 11 is 5.66. The molecule has 0 atom stereocenters. The summed E-state index contributed by atoms with van der Waals surface area (Å²) in [4.78, 5) is 8.00. The van der Waals surface area contributed by atoms with Crippen molar-refractivity contribution in [3.05, 3.63) is 46.6 Å². The van der Waals surface area contributed by atoms with E-state index in [1.165, 1.54) is 12.3 Å². The maximum atomic E-state index is 13.6. The molecule has 0 saturated heterocycles. The van der Waals surface area contributed by atoms with Crippen molar-refractivity contribution < 1.29 is 9.13 Å². The number of hydrogen-bond donors (Lipinski definition) is 1. The van der Waals surface area contributed by atoms with Gasteiger partial charge in [-0.1, -0.05) is 11.6 Å². The van der Waals surface area contributed by atoms with Gasteiger partial charge in [-0.25, -0.2) is 9.97 Å². The van der Waals surface area contributed by atoms with Gasteiger partial charge in [-0.15, -0.1) is 0 Å². The molecule has 0 amide bonds. The fraction of sp³-hybridized carbons (Fsp3) is 0.154. The normalized spacial score (nSPS) is 10.9. The van der Waals surface area contributed by atoms with Crippen molar-refractivity contribution >= 4 is 22.6 Å². The first-order valence-electron chi connectivity index (χ1n) is 5.87. The van der Waals surface area contributed by atoms with E-state index in [9.17, 15) is 4.39 Å². The molecule has 0 aliphatic rings. The van der Waals surface area contributed by atoms with Gasteiger partial charge in [0.1, 0.15) is 6.61 Å². The number of aromatic nitrogens is 4. The molecule has 0 aromatic carbocycles. The number of aryl methyl sites for hydroxylation is 1. The number of nitrogens with zero attached hydrogens (tertiary/aromatic N) is 3. The lowest BCUT2D eigenvalue weighted by Gasteiger charge is -2.06. The van der Waals surface area contributed by atoms with Gasteiger partial charge >= 0.3 is 0 Å². The Bertz CT molecular complexity index is 774. The van der Waals surface area contributed by atoms with Crippen LogP contribution in [0.4, 0.5) is 4.39 Å². The highest BCUT2D eigenvalue weighted by Gasteiger charge is 2.10. The number of fused-ring (bicyclic) bond motifs is 1. The summed E-state index contributed by atoms with van der Waals surface area (Å²) in [5, 5.41) is 7.78. The van der Waals surface area contributed by atoms with Crippen LogP contribution in [0.3, 0.4) is 0 Å². The zero-order chi connectivity index (χ0) is 14.1. The van der Waals surface area contributed by atoms with Gasteiger partial charge in [0.05, 0.1) is 5.02 Å². The number of ether oxygens (including phenoxy) is 1. The summed E-state index contributed by atoms with van der Waals surface area (Å²) < 4.78 is 18.9. The zero-order valence-electron chi connectivity index (χ0n) is 10.5. The molecule has 0 radical (unpaired) electrons. The van der Waals surface area contributed by atoms with E-state index in [2.05, 4.69) is 20.2 Å². The van der Waals surface area contributed by atoms with E-state index in [0.29, 0.717) is 5.65 Å². The standard InChI is InChI=1S/C13H10ClFN4O/c1-7-9-4-8(5-17-12(9)19-18-7)6-20-13-11(15)10(14)2-3-16-13/h2-5H,6H2,1H3,(H,17,18,19). The molecule has 5 nitrogen and oxygen atoms in total. The molecule has 3 aromatic rings. The number of rotatable bonds is 3. The molecule has 1 N–H and O–H groups in total. The minimum atomic E-state index is -0.664. The molecule has 20 heavy (non-hydrogen) atoms. The van der Waals surface area contributed by atoms with Crippen molar-refractivity contribution in [1.82, 2.24) is 20.2 Å². The zero-order valence-corrected chi connectivity index (χ0v) is 11.3. The van der Waals surface area contributed by atoms with Crippen molar-refractivity contribution in [3.63, 3.8) is 0 Å². The monoisotopic (exact) mass is 292 g/mol. The Kier molecular flexibility index (Phi) is 3.23. The molecular weight excluding hydrogens is 283 g/mol. The average molecular weight is 293 g/mol. The second kappa shape index (κ2) is 5.05. The minimum absolute atomic E-state index is 0.0192. The van der Waals surface area contributed by atoms with Crippen LogP contribution in [0.15, 0.2) is 24.5 Å². The van der Waals surface area contributed by atoms with Gasteiger partial charge in [0.25, 0.3) is 5.88 Å². The smallest absolute Gasteiger partial charge is 0.252 e. The summed E-state index contributed by atoms with van der Waals surface area (Å²) in [5.41, 5.74) is 2.35. The Hall–Kier alpha value is -2.21. The van der Waals surface area contributed by atoms with Crippen LogP contribution in [0.2, 0.25) is 5.02 Å². The van der Waals surface area contributed by atoms with Crippen molar-refractivity contribution in [2.24, 2.45) is 0 Å². The van der Waals surface area contributed by atoms with Crippen molar-refractivity contribution in [2.45, 2.75) is 13.5 Å². The molecule has 3 aromatic heterocycles. The molecule has 0 fully saturated rings. The van der Waals surface area contributed by atoms with Crippen LogP contribution >= 0.6 is 11.6 Å². The van der Waals surface area contributed by atoms with Crippen LogP contribution in [0.5, 0.6) is 5.88 Å². The SMILES string of the molecule is Cc1[nH]nc2ncc(COc3nccc(Cl)c3F)cc12. The first-order chi connectivity index (χ1) is 9.65. The Morgan fingerprint density at radius 1 is 1.40 bits per heavy atom. The molecule has 0 saturated carbocycles. The van der Waals surface area contributed by atoms with Gasteiger partial charge < -0.3 is 4.74 Å². The van der Waals surface area contributed by atoms with Gasteiger partial charge in [0, 0.05) is 29.0 Å². The van der Waals surface area contributed by atoms with Crippen LogP contribution < -0.4 is 4.74 Å². The predicted octanol–water partition coefficient (Wildman–Crippen LogP) is 3.03. The van der Waals surface area contributed by atoms with Gasteiger partial charge in [-0.2, -0.15) is 9.49 Å². The third-order valence-electron chi connectivity index (χ3n) is 2.84. The number of aromatic amines is 1. The van der Waals surface area contributed by atoms with Crippen LogP contribution in [0.1, 0.15) is 11.3 Å². The van der Waals surface area contributed by atoms with E-state index in [4.69, 9.17) is 16.3 Å². The van der Waals surface area contributed by atoms with Crippen LogP contribution in [0.25, 0.3) is 11.0 Å². The maximum Gasteiger partial charge on any atom is 0.252 e. The average Bonchev–Trinajstić information content (AvgIpc) is 2.82. The summed E-state index contributed by atoms with van der Waals surface area (Å²) in [7, 11) is 0. The van der Waals surface area contributed by atoms with Crippen LogP contribution in [-0.2, 0) is 6.61 Å². The molecule has 0 unspecified atom stereocenters. The maximum absolute atomic E-state index is 13.6. The summed E-state index contributed by atoms with van der Waals surface area (Å²) in [6.07, 6.45) is 3.02. The first-order valence-corrected chi connectivity index (χ1v) is 6.25. The highest BCUT2D eigenvalue weighted by molar-refractivity contribution is 6.30. The topological polar surface area (TPSA) is 63.7 Å². The van der Waals surface area contributed by atoms with E-state index in [1.807, 2.05) is 13.0 Å². The number of pyridine rings is 2. The third kappa shape index (κ3) is 2.30. The largest absolute Gasteiger partial charge is 0.471 e. The van der Waals surface area contributed by atoms with Gasteiger partial charge in [-0.3, -0.25) is 5.10 Å². The Balaban J connectivity index is 1.83. The van der Waals surface area contributed by atoms with Gasteiger partial charge in [-0.05, 0) is 19.1 Å². The van der Waals surface area contributed by atoms with Gasteiger partial charge in [0.2, 0.25) is 5.82 Å². The molecule has 102 valence electrons. The third-order valence-corrected chi connectivity index (χ3v) is 3.13. The first kappa shape index (κ1) is 12.8. The highest BCUT2D eigenvalue weighted by atomic mass is 35.5. The number of halogens is 2. The highest BCUT2D eigenvalue weighted by Crippen LogP contribution is 2.22. The molecule has 0 aliphatic heterocycles. The quantitative estimate of drug-likeness (QED) is 0.806. The lowest BCUT2D eigenvalue weighted by atomic mass is 10.2. The van der Waals surface area contributed by atoms with E-state index >= 15 is 0 Å². The fourth-order valence-corrected chi connectivity index (χ4v) is 1.93. The van der Waals surface area contributed by atoms with Crippen molar-refractivity contribution in [1.29, 1.82) is 0 Å². The molecule has 3 heterocycles. The lowest BCUT2D eigenvalue weighted by molar-refractivity contribution is 0.277. The number of nitrogens with one attached hydrogen (secondary N) is 1. The predicted molar refractivity (Wildman–Crippen MR) is 72.2 cm³/mol. The summed E-state index contributed by atoms with van der Waals surface area (Å²) in [6, 6.07) is 3.26. The Labute approximate surface area is 118 Å². The summed E-state index contributed by atoms with van der Waals surface area (Å²) in [6.45, 7) is 2.05. The molecular formula is C13H10ClFN4O. The lowest BCUT2D eigenvalue weighted by Crippen LogP contribution is -2.00. The molecule has 0 bridgehead atoms. The Morgan fingerprint density at radius 3 is 3.10 bits per heavy atom. The summed E-state index contributed by atoms with van der Waals surface area (Å²) in [5.74, 6) is -0.788. The second-order valence-electron chi connectivity index (χ2n) is 4.26. The van der Waals surface area contributed by atoms with E-state index in [0.717, 1.165) is 16.6 Å². The van der Waals surface area contributed by atoms with E-state index < -0.39 is 5.82 Å². The van der Waals surface area contributed by atoms with Crippen molar-refractivity contribution in [3.8, 4) is 5.88 Å².